The summed E-state index contributed by atoms with van der Waals surface area (Å²) in [6.45, 7) is 1.84. The van der Waals surface area contributed by atoms with E-state index in [-0.39, 0.29) is 24.6 Å². The van der Waals surface area contributed by atoms with Crippen molar-refractivity contribution in [2.75, 3.05) is 17.3 Å². The Hall–Kier alpha value is -1.61. The third kappa shape index (κ3) is 6.32. The second-order valence-corrected chi connectivity index (χ2v) is 8.27. The second-order valence-electron chi connectivity index (χ2n) is 5.58. The van der Waals surface area contributed by atoms with Crippen LogP contribution in [0.4, 0.5) is 5.82 Å². The molecule has 1 heterocycles. The number of hydrogen-bond donors (Lipinski definition) is 2. The van der Waals surface area contributed by atoms with E-state index in [0.717, 1.165) is 17.6 Å². The number of amides is 1. The van der Waals surface area contributed by atoms with E-state index in [2.05, 4.69) is 10.4 Å². The minimum atomic E-state index is -3.16. The Balaban J connectivity index is 0.00000312. The number of hydrogen-bond acceptors (Lipinski definition) is 5. The highest BCUT2D eigenvalue weighted by Crippen LogP contribution is 2.18. The van der Waals surface area contributed by atoms with Gasteiger partial charge in [0.2, 0.25) is 5.91 Å². The number of carbonyl (C=O) groups excluding carboxylic acids is 1. The fraction of sp³-hybridized carbons (Fsp3) is 0.333. The van der Waals surface area contributed by atoms with Crippen LogP contribution in [-0.4, -0.2) is 42.2 Å². The maximum atomic E-state index is 12.0. The van der Waals surface area contributed by atoms with Gasteiger partial charge in [-0.25, -0.2) is 13.1 Å². The molecule has 0 radical (unpaired) electrons. The van der Waals surface area contributed by atoms with Gasteiger partial charge in [-0.3, -0.25) is 4.79 Å². The van der Waals surface area contributed by atoms with Gasteiger partial charge in [-0.15, -0.1) is 17.5 Å². The number of aromatic nitrogens is 2. The maximum absolute atomic E-state index is 12.0. The Labute approximate surface area is 157 Å². The van der Waals surface area contributed by atoms with Crippen LogP contribution < -0.4 is 11.1 Å². The molecule has 3 N–H and O–H groups in total. The van der Waals surface area contributed by atoms with Crippen molar-refractivity contribution >= 4 is 45.6 Å². The number of rotatable bonds is 6. The molecule has 2 rings (SSSR count). The molecule has 0 fully saturated rings. The first-order chi connectivity index (χ1) is 11.2. The maximum Gasteiger partial charge on any atom is 0.242 e. The molecule has 1 unspecified atom stereocenters. The van der Waals surface area contributed by atoms with Crippen molar-refractivity contribution in [2.45, 2.75) is 19.4 Å². The van der Waals surface area contributed by atoms with Crippen molar-refractivity contribution < 1.29 is 13.2 Å². The summed E-state index contributed by atoms with van der Waals surface area (Å²) < 4.78 is 23.9. The zero-order valence-electron chi connectivity index (χ0n) is 13.8. The molecule has 1 atom stereocenters. The number of nitrogens with one attached hydrogen (secondary N) is 1. The molecule has 1 aromatic carbocycles. The molecule has 7 nitrogen and oxygen atoms in total. The van der Waals surface area contributed by atoms with Gasteiger partial charge in [0.25, 0.3) is 0 Å². The summed E-state index contributed by atoms with van der Waals surface area (Å²) in [5.41, 5.74) is 7.29. The van der Waals surface area contributed by atoms with Gasteiger partial charge in [0.15, 0.2) is 5.82 Å². The van der Waals surface area contributed by atoms with E-state index in [9.17, 15) is 13.2 Å². The van der Waals surface area contributed by atoms with Crippen LogP contribution in [0.25, 0.3) is 5.69 Å². The van der Waals surface area contributed by atoms with E-state index in [0.29, 0.717) is 10.8 Å². The fourth-order valence-electron chi connectivity index (χ4n) is 2.10. The van der Waals surface area contributed by atoms with Crippen LogP contribution in [0.3, 0.4) is 0 Å². The summed E-state index contributed by atoms with van der Waals surface area (Å²) in [6.07, 6.45) is 1.16. The number of carbonyl (C=O) groups is 1. The topological polar surface area (TPSA) is 107 Å². The first kappa shape index (κ1) is 21.4. The van der Waals surface area contributed by atoms with Crippen LogP contribution >= 0.6 is 24.0 Å². The normalized spacial score (nSPS) is 12.3. The SMILES string of the molecule is Cc1cc(NC(=O)C(N)CCS(C)(=O)=O)nn1-c1cccc(Cl)c1.Cl. The minimum Gasteiger partial charge on any atom is -0.320 e. The summed E-state index contributed by atoms with van der Waals surface area (Å²) in [4.78, 5) is 12.0. The average Bonchev–Trinajstić information content (AvgIpc) is 2.84. The molecule has 0 bridgehead atoms. The Morgan fingerprint density at radius 3 is 2.68 bits per heavy atom. The number of anilines is 1. The number of aryl methyl sites for hydroxylation is 1. The molecule has 10 heteroatoms. The Morgan fingerprint density at radius 2 is 2.08 bits per heavy atom. The number of nitrogens with zero attached hydrogens (tertiary/aromatic N) is 2. The van der Waals surface area contributed by atoms with Gasteiger partial charge in [0, 0.05) is 23.0 Å². The second kappa shape index (κ2) is 8.66. The van der Waals surface area contributed by atoms with Crippen LogP contribution in [0.2, 0.25) is 5.02 Å². The van der Waals surface area contributed by atoms with Gasteiger partial charge >= 0.3 is 0 Å². The molecule has 1 aromatic heterocycles. The number of halogens is 2. The lowest BCUT2D eigenvalue weighted by atomic mass is 10.2. The van der Waals surface area contributed by atoms with Crippen LogP contribution in [0.5, 0.6) is 0 Å². The first-order valence-electron chi connectivity index (χ1n) is 7.22. The first-order valence-corrected chi connectivity index (χ1v) is 9.66. The van der Waals surface area contributed by atoms with Crippen molar-refractivity contribution in [2.24, 2.45) is 5.73 Å². The quantitative estimate of drug-likeness (QED) is 0.761. The van der Waals surface area contributed by atoms with Gasteiger partial charge in [-0.05, 0) is 31.5 Å². The molecular formula is C15H20Cl2N4O3S. The molecule has 0 aliphatic heterocycles. The number of sulfone groups is 1. The highest BCUT2D eigenvalue weighted by molar-refractivity contribution is 7.90. The lowest BCUT2D eigenvalue weighted by molar-refractivity contribution is -0.117. The lowest BCUT2D eigenvalue weighted by Crippen LogP contribution is -2.37. The summed E-state index contributed by atoms with van der Waals surface area (Å²) in [5, 5.41) is 7.48. The summed E-state index contributed by atoms with van der Waals surface area (Å²) in [6, 6.07) is 7.94. The largest absolute Gasteiger partial charge is 0.320 e. The molecule has 1 amide bonds. The van der Waals surface area contributed by atoms with Crippen LogP contribution in [-0.2, 0) is 14.6 Å². The summed E-state index contributed by atoms with van der Waals surface area (Å²) in [5.74, 6) is -0.279. The number of benzene rings is 1. The van der Waals surface area contributed by atoms with Gasteiger partial charge in [-0.1, -0.05) is 17.7 Å². The molecule has 0 aliphatic carbocycles. The third-order valence-corrected chi connectivity index (χ3v) is 4.54. The van der Waals surface area contributed by atoms with E-state index >= 15 is 0 Å². The van der Waals surface area contributed by atoms with Crippen molar-refractivity contribution in [3.05, 3.63) is 41.0 Å². The predicted molar refractivity (Wildman–Crippen MR) is 101 cm³/mol. The monoisotopic (exact) mass is 406 g/mol. The molecule has 0 saturated heterocycles. The average molecular weight is 407 g/mol. The van der Waals surface area contributed by atoms with E-state index < -0.39 is 21.8 Å². The van der Waals surface area contributed by atoms with Gasteiger partial charge in [-0.2, -0.15) is 0 Å². The molecule has 0 spiro atoms. The van der Waals surface area contributed by atoms with Crippen LogP contribution in [0.15, 0.2) is 30.3 Å². The number of nitrogens with two attached hydrogens (primary N) is 1. The standard InChI is InChI=1S/C15H19ClN4O3S.ClH/c1-10-8-14(18-15(21)13(17)6-7-24(2,22)23)19-20(10)12-5-3-4-11(16)9-12;/h3-5,8-9,13H,6-7,17H2,1-2H3,(H,18,19,21);1H. The molecular weight excluding hydrogens is 387 g/mol. The highest BCUT2D eigenvalue weighted by atomic mass is 35.5. The Kier molecular flexibility index (Phi) is 7.43. The molecule has 138 valence electrons. The molecule has 0 aliphatic rings. The van der Waals surface area contributed by atoms with Gasteiger partial charge in [0.1, 0.15) is 9.84 Å². The Morgan fingerprint density at radius 1 is 1.40 bits per heavy atom. The van der Waals surface area contributed by atoms with E-state index in [4.69, 9.17) is 17.3 Å². The predicted octanol–water partition coefficient (Wildman–Crippen LogP) is 1.96. The fourth-order valence-corrected chi connectivity index (χ4v) is 2.96. The lowest BCUT2D eigenvalue weighted by Gasteiger charge is -2.10. The summed E-state index contributed by atoms with van der Waals surface area (Å²) in [7, 11) is -3.16. The van der Waals surface area contributed by atoms with Crippen molar-refractivity contribution in [1.82, 2.24) is 9.78 Å². The molecule has 2 aromatic rings. The third-order valence-electron chi connectivity index (χ3n) is 3.33. The molecule has 25 heavy (non-hydrogen) atoms. The van der Waals surface area contributed by atoms with Gasteiger partial charge in [0.05, 0.1) is 17.5 Å². The zero-order valence-corrected chi connectivity index (χ0v) is 16.2. The summed E-state index contributed by atoms with van der Waals surface area (Å²) >= 11 is 5.97. The van der Waals surface area contributed by atoms with Crippen LogP contribution in [0.1, 0.15) is 12.1 Å². The van der Waals surface area contributed by atoms with Crippen molar-refractivity contribution in [3.63, 3.8) is 0 Å². The van der Waals surface area contributed by atoms with Crippen LogP contribution in [0, 0.1) is 6.92 Å². The van der Waals surface area contributed by atoms with Crippen molar-refractivity contribution in [3.8, 4) is 5.69 Å². The van der Waals surface area contributed by atoms with E-state index in [1.54, 1.807) is 28.9 Å². The minimum absolute atomic E-state index is 0. The van der Waals surface area contributed by atoms with Gasteiger partial charge < -0.3 is 11.1 Å². The van der Waals surface area contributed by atoms with Crippen molar-refractivity contribution in [1.29, 1.82) is 0 Å². The molecule has 0 saturated carbocycles. The zero-order chi connectivity index (χ0) is 17.9. The Bertz CT molecular complexity index is 852. The van der Waals surface area contributed by atoms with E-state index in [1.165, 1.54) is 0 Å². The smallest absolute Gasteiger partial charge is 0.242 e. The highest BCUT2D eigenvalue weighted by Gasteiger charge is 2.17. The van der Waals surface area contributed by atoms with E-state index in [1.807, 2.05) is 13.0 Å².